The van der Waals surface area contributed by atoms with E-state index < -0.39 is 5.97 Å². The number of rotatable bonds is 8. The summed E-state index contributed by atoms with van der Waals surface area (Å²) in [5.41, 5.74) is 1.30. The predicted octanol–water partition coefficient (Wildman–Crippen LogP) is 4.27. The zero-order valence-corrected chi connectivity index (χ0v) is 16.4. The van der Waals surface area contributed by atoms with Crippen molar-refractivity contribution in [1.29, 1.82) is 0 Å². The lowest BCUT2D eigenvalue weighted by Gasteiger charge is -2.17. The molecule has 0 saturated carbocycles. The van der Waals surface area contributed by atoms with E-state index in [1.807, 2.05) is 38.1 Å². The van der Waals surface area contributed by atoms with Crippen molar-refractivity contribution in [2.45, 2.75) is 26.3 Å². The number of nitrogens with one attached hydrogen (secondary N) is 1. The van der Waals surface area contributed by atoms with Crippen LogP contribution < -0.4 is 10.1 Å². The maximum absolute atomic E-state index is 12.2. The van der Waals surface area contributed by atoms with E-state index in [2.05, 4.69) is 21.2 Å². The molecule has 0 aliphatic rings. The maximum atomic E-state index is 12.2. The first-order valence-electron chi connectivity index (χ1n) is 8.48. The summed E-state index contributed by atoms with van der Waals surface area (Å²) in [5, 5.41) is 2.89. The first kappa shape index (κ1) is 20.0. The van der Waals surface area contributed by atoms with E-state index in [1.54, 1.807) is 24.3 Å². The molecular formula is C20H22BrNO4. The van der Waals surface area contributed by atoms with Gasteiger partial charge in [-0.15, -0.1) is 0 Å². The summed E-state index contributed by atoms with van der Waals surface area (Å²) in [6.45, 7) is 3.92. The molecule has 0 radical (unpaired) electrons. The normalized spacial score (nSPS) is 11.5. The number of amides is 1. The monoisotopic (exact) mass is 419 g/mol. The van der Waals surface area contributed by atoms with E-state index in [9.17, 15) is 9.59 Å². The van der Waals surface area contributed by atoms with Crippen molar-refractivity contribution in [1.82, 2.24) is 5.32 Å². The van der Waals surface area contributed by atoms with Crippen LogP contribution in [0.3, 0.4) is 0 Å². The van der Waals surface area contributed by atoms with E-state index in [-0.39, 0.29) is 18.6 Å². The van der Waals surface area contributed by atoms with Crippen molar-refractivity contribution < 1.29 is 19.1 Å². The van der Waals surface area contributed by atoms with Crippen LogP contribution in [0.2, 0.25) is 0 Å². The highest BCUT2D eigenvalue weighted by molar-refractivity contribution is 9.10. The van der Waals surface area contributed by atoms with Gasteiger partial charge in [-0.3, -0.25) is 4.79 Å². The Morgan fingerprint density at radius 1 is 1.08 bits per heavy atom. The van der Waals surface area contributed by atoms with Crippen molar-refractivity contribution in [2.75, 3.05) is 13.2 Å². The third-order valence-corrected chi connectivity index (χ3v) is 4.29. The van der Waals surface area contributed by atoms with Gasteiger partial charge in [-0.25, -0.2) is 4.79 Å². The molecular weight excluding hydrogens is 398 g/mol. The second-order valence-corrected chi connectivity index (χ2v) is 6.50. The quantitative estimate of drug-likeness (QED) is 0.648. The lowest BCUT2D eigenvalue weighted by atomic mass is 10.0. The Morgan fingerprint density at radius 3 is 2.42 bits per heavy atom. The molecule has 138 valence electrons. The fourth-order valence-corrected chi connectivity index (χ4v) is 2.74. The molecule has 1 atom stereocenters. The summed E-state index contributed by atoms with van der Waals surface area (Å²) in [6, 6.07) is 14.4. The minimum atomic E-state index is -0.583. The minimum Gasteiger partial charge on any atom is -0.493 e. The summed E-state index contributed by atoms with van der Waals surface area (Å²) in [6.07, 6.45) is 0.731. The van der Waals surface area contributed by atoms with Crippen LogP contribution in [0.25, 0.3) is 0 Å². The molecule has 1 N–H and O–H groups in total. The summed E-state index contributed by atoms with van der Waals surface area (Å²) >= 11 is 3.39. The van der Waals surface area contributed by atoms with Crippen LogP contribution in [0.4, 0.5) is 0 Å². The summed E-state index contributed by atoms with van der Waals surface area (Å²) in [7, 11) is 0. The molecule has 0 heterocycles. The molecule has 6 heteroatoms. The zero-order valence-electron chi connectivity index (χ0n) is 14.8. The van der Waals surface area contributed by atoms with E-state index in [4.69, 9.17) is 9.47 Å². The van der Waals surface area contributed by atoms with Crippen molar-refractivity contribution in [3.05, 3.63) is 64.1 Å². The molecule has 0 aliphatic carbocycles. The second-order valence-electron chi connectivity index (χ2n) is 5.59. The minimum absolute atomic E-state index is 0.134. The number of halogens is 1. The Bertz CT molecular complexity index is 746. The zero-order chi connectivity index (χ0) is 18.9. The molecule has 1 amide bonds. The van der Waals surface area contributed by atoms with Gasteiger partial charge in [-0.2, -0.15) is 0 Å². The molecule has 0 aromatic heterocycles. The van der Waals surface area contributed by atoms with Crippen LogP contribution in [-0.2, 0) is 9.53 Å². The lowest BCUT2D eigenvalue weighted by Crippen LogP contribution is -2.32. The number of carbonyl (C=O) groups is 2. The molecule has 0 aliphatic heterocycles. The molecule has 0 fully saturated rings. The highest BCUT2D eigenvalue weighted by Gasteiger charge is 2.17. The van der Waals surface area contributed by atoms with E-state index in [1.165, 1.54) is 0 Å². The van der Waals surface area contributed by atoms with Crippen LogP contribution in [0, 0.1) is 0 Å². The van der Waals surface area contributed by atoms with Gasteiger partial charge in [0, 0.05) is 4.47 Å². The standard InChI is InChI=1S/C20H22BrNO4/c1-3-17(14-9-11-15(21)12-10-14)22-19(23)13-26-20(24)16-7-5-6-8-18(16)25-4-2/h5-12,17H,3-4,13H2,1-2H3,(H,22,23)/t17-/m0/s1. The number of para-hydroxylation sites is 1. The fraction of sp³-hybridized carbons (Fsp3) is 0.300. The van der Waals surface area contributed by atoms with Crippen molar-refractivity contribution >= 4 is 27.8 Å². The van der Waals surface area contributed by atoms with Crippen molar-refractivity contribution in [3.63, 3.8) is 0 Å². The molecule has 5 nitrogen and oxygen atoms in total. The molecule has 2 aromatic carbocycles. The van der Waals surface area contributed by atoms with Gasteiger partial charge < -0.3 is 14.8 Å². The Balaban J connectivity index is 1.93. The van der Waals surface area contributed by atoms with Gasteiger partial charge in [0.05, 0.1) is 12.6 Å². The third-order valence-electron chi connectivity index (χ3n) is 3.76. The number of ether oxygens (including phenoxy) is 2. The summed E-state index contributed by atoms with van der Waals surface area (Å²) < 4.78 is 11.5. The Hall–Kier alpha value is -2.34. The van der Waals surface area contributed by atoms with Gasteiger partial charge in [0.2, 0.25) is 0 Å². The van der Waals surface area contributed by atoms with E-state index in [0.29, 0.717) is 17.9 Å². The van der Waals surface area contributed by atoms with Gasteiger partial charge in [-0.1, -0.05) is 47.1 Å². The largest absolute Gasteiger partial charge is 0.493 e. The average Bonchev–Trinajstić information content (AvgIpc) is 2.65. The van der Waals surface area contributed by atoms with Crippen LogP contribution in [0.5, 0.6) is 5.75 Å². The summed E-state index contributed by atoms with van der Waals surface area (Å²) in [4.78, 5) is 24.4. The lowest BCUT2D eigenvalue weighted by molar-refractivity contribution is -0.125. The topological polar surface area (TPSA) is 64.6 Å². The van der Waals surface area contributed by atoms with Crippen LogP contribution in [0.1, 0.15) is 42.2 Å². The average molecular weight is 420 g/mol. The molecule has 0 unspecified atom stereocenters. The van der Waals surface area contributed by atoms with Gasteiger partial charge >= 0.3 is 5.97 Å². The van der Waals surface area contributed by atoms with Gasteiger partial charge in [0.25, 0.3) is 5.91 Å². The fourth-order valence-electron chi connectivity index (χ4n) is 2.48. The third kappa shape index (κ3) is 5.59. The molecule has 0 spiro atoms. The second kappa shape index (κ2) is 9.97. The van der Waals surface area contributed by atoms with Crippen molar-refractivity contribution in [2.24, 2.45) is 0 Å². The highest BCUT2D eigenvalue weighted by Crippen LogP contribution is 2.20. The van der Waals surface area contributed by atoms with Gasteiger partial charge in [0.1, 0.15) is 11.3 Å². The SMILES string of the molecule is CCOc1ccccc1C(=O)OCC(=O)N[C@@H](CC)c1ccc(Br)cc1. The van der Waals surface area contributed by atoms with Crippen LogP contribution in [-0.4, -0.2) is 25.1 Å². The Kier molecular flexibility index (Phi) is 7.66. The molecule has 0 bridgehead atoms. The molecule has 2 aromatic rings. The van der Waals surface area contributed by atoms with Crippen molar-refractivity contribution in [3.8, 4) is 5.75 Å². The van der Waals surface area contributed by atoms with E-state index in [0.717, 1.165) is 16.5 Å². The van der Waals surface area contributed by atoms with Crippen LogP contribution >= 0.6 is 15.9 Å². The Morgan fingerprint density at radius 2 is 1.77 bits per heavy atom. The molecule has 2 rings (SSSR count). The number of hydrogen-bond acceptors (Lipinski definition) is 4. The van der Waals surface area contributed by atoms with E-state index >= 15 is 0 Å². The first-order valence-corrected chi connectivity index (χ1v) is 9.28. The van der Waals surface area contributed by atoms with Crippen LogP contribution in [0.15, 0.2) is 53.0 Å². The highest BCUT2D eigenvalue weighted by atomic mass is 79.9. The predicted molar refractivity (Wildman–Crippen MR) is 103 cm³/mol. The number of hydrogen-bond donors (Lipinski definition) is 1. The number of benzene rings is 2. The van der Waals surface area contributed by atoms with Gasteiger partial charge in [-0.05, 0) is 43.2 Å². The number of carbonyl (C=O) groups excluding carboxylic acids is 2. The molecule has 0 saturated heterocycles. The first-order chi connectivity index (χ1) is 12.5. The Labute approximate surface area is 161 Å². The molecule has 26 heavy (non-hydrogen) atoms. The van der Waals surface area contributed by atoms with Gasteiger partial charge in [0.15, 0.2) is 6.61 Å². The number of esters is 1. The smallest absolute Gasteiger partial charge is 0.342 e. The maximum Gasteiger partial charge on any atom is 0.342 e. The summed E-state index contributed by atoms with van der Waals surface area (Å²) in [5.74, 6) is -0.482.